The molecule has 0 saturated heterocycles. The number of carbonyl (C=O) groups excluding carboxylic acids is 1. The first-order valence-electron chi connectivity index (χ1n) is 7.84. The Kier molecular flexibility index (Phi) is 6.41. The summed E-state index contributed by atoms with van der Waals surface area (Å²) < 4.78 is 36.9. The van der Waals surface area contributed by atoms with Gasteiger partial charge in [-0.25, -0.2) is 13.2 Å². The summed E-state index contributed by atoms with van der Waals surface area (Å²) >= 11 is 0. The van der Waals surface area contributed by atoms with Crippen LogP contribution < -0.4 is 9.46 Å². The minimum atomic E-state index is -3.66. The highest BCUT2D eigenvalue weighted by atomic mass is 32.2. The van der Waals surface area contributed by atoms with E-state index in [-0.39, 0.29) is 23.6 Å². The molecule has 0 bridgehead atoms. The number of hydrogen-bond donors (Lipinski definition) is 1. The highest BCUT2D eigenvalue weighted by Crippen LogP contribution is 2.18. The van der Waals surface area contributed by atoms with Crippen LogP contribution in [-0.2, 0) is 21.2 Å². The summed E-state index contributed by atoms with van der Waals surface area (Å²) in [6.07, 6.45) is 0.929. The molecule has 134 valence electrons. The van der Waals surface area contributed by atoms with Gasteiger partial charge in [0.1, 0.15) is 18.1 Å². The van der Waals surface area contributed by atoms with Crippen LogP contribution in [0.4, 0.5) is 5.69 Å². The summed E-state index contributed by atoms with van der Waals surface area (Å²) in [4.78, 5) is 11.7. The Morgan fingerprint density at radius 1 is 1.08 bits per heavy atom. The Hall–Kier alpha value is -2.54. The summed E-state index contributed by atoms with van der Waals surface area (Å²) in [5, 5.41) is 0. The number of aryl methyl sites for hydroxylation is 1. The van der Waals surface area contributed by atoms with E-state index in [0.717, 1.165) is 6.42 Å². The average Bonchev–Trinajstić information content (AvgIpc) is 2.61. The van der Waals surface area contributed by atoms with Crippen LogP contribution >= 0.6 is 0 Å². The van der Waals surface area contributed by atoms with E-state index in [1.165, 1.54) is 24.8 Å². The standard InChI is InChI=1S/C18H21NO5S/c1-3-14-8-10-15(11-9-14)24-12-13-25(21,22)19-17-7-5-4-6-16(17)18(20)23-2/h4-11,19H,3,12-13H2,1-2H3. The number of nitrogens with one attached hydrogen (secondary N) is 1. The van der Waals surface area contributed by atoms with Gasteiger partial charge in [-0.2, -0.15) is 0 Å². The molecule has 0 fully saturated rings. The quantitative estimate of drug-likeness (QED) is 0.729. The van der Waals surface area contributed by atoms with Crippen molar-refractivity contribution in [3.8, 4) is 5.75 Å². The molecule has 0 aliphatic carbocycles. The van der Waals surface area contributed by atoms with Crippen LogP contribution in [0.15, 0.2) is 48.5 Å². The maximum absolute atomic E-state index is 12.2. The van der Waals surface area contributed by atoms with Gasteiger partial charge in [-0.1, -0.05) is 31.2 Å². The van der Waals surface area contributed by atoms with E-state index in [0.29, 0.717) is 5.75 Å². The third kappa shape index (κ3) is 5.49. The van der Waals surface area contributed by atoms with Gasteiger partial charge >= 0.3 is 5.97 Å². The molecular formula is C18H21NO5S. The molecule has 1 N–H and O–H groups in total. The Morgan fingerprint density at radius 3 is 2.40 bits per heavy atom. The molecule has 0 aliphatic rings. The van der Waals surface area contributed by atoms with Crippen LogP contribution in [0.5, 0.6) is 5.75 Å². The van der Waals surface area contributed by atoms with Crippen molar-refractivity contribution in [2.24, 2.45) is 0 Å². The van der Waals surface area contributed by atoms with Gasteiger partial charge in [-0.15, -0.1) is 0 Å². The van der Waals surface area contributed by atoms with Gasteiger partial charge in [0.2, 0.25) is 10.0 Å². The Balaban J connectivity index is 1.97. The number of benzene rings is 2. The van der Waals surface area contributed by atoms with Crippen molar-refractivity contribution < 1.29 is 22.7 Å². The highest BCUT2D eigenvalue weighted by molar-refractivity contribution is 7.92. The number of methoxy groups -OCH3 is 1. The van der Waals surface area contributed by atoms with Crippen molar-refractivity contribution in [1.29, 1.82) is 0 Å². The van der Waals surface area contributed by atoms with Crippen LogP contribution in [0.25, 0.3) is 0 Å². The number of ether oxygens (including phenoxy) is 2. The van der Waals surface area contributed by atoms with E-state index in [2.05, 4.69) is 16.4 Å². The summed E-state index contributed by atoms with van der Waals surface area (Å²) in [6.45, 7) is 2.06. The maximum Gasteiger partial charge on any atom is 0.339 e. The van der Waals surface area contributed by atoms with E-state index in [4.69, 9.17) is 4.74 Å². The molecule has 6 nitrogen and oxygen atoms in total. The second-order valence-corrected chi connectivity index (χ2v) is 7.15. The molecule has 0 spiro atoms. The van der Waals surface area contributed by atoms with Crippen LogP contribution in [0, 0.1) is 0 Å². The minimum absolute atomic E-state index is 0.00119. The number of carbonyl (C=O) groups is 1. The van der Waals surface area contributed by atoms with E-state index in [9.17, 15) is 13.2 Å². The topological polar surface area (TPSA) is 81.7 Å². The zero-order chi connectivity index (χ0) is 18.3. The van der Waals surface area contributed by atoms with E-state index >= 15 is 0 Å². The SMILES string of the molecule is CCc1ccc(OCCS(=O)(=O)Nc2ccccc2C(=O)OC)cc1. The van der Waals surface area contributed by atoms with E-state index in [1.807, 2.05) is 24.3 Å². The number of sulfonamides is 1. The molecule has 7 heteroatoms. The Bertz CT molecular complexity index is 816. The maximum atomic E-state index is 12.2. The largest absolute Gasteiger partial charge is 0.492 e. The highest BCUT2D eigenvalue weighted by Gasteiger charge is 2.17. The molecule has 0 aromatic heterocycles. The van der Waals surface area contributed by atoms with Gasteiger partial charge in [0.15, 0.2) is 0 Å². The zero-order valence-corrected chi connectivity index (χ0v) is 15.0. The summed E-state index contributed by atoms with van der Waals surface area (Å²) in [7, 11) is -2.42. The third-order valence-electron chi connectivity index (χ3n) is 3.55. The molecule has 0 atom stereocenters. The van der Waals surface area contributed by atoms with Crippen LogP contribution in [0.1, 0.15) is 22.8 Å². The summed E-state index contributed by atoms with van der Waals surface area (Å²) in [5.74, 6) is -0.231. The fourth-order valence-corrected chi connectivity index (χ4v) is 3.09. The minimum Gasteiger partial charge on any atom is -0.492 e. The van der Waals surface area contributed by atoms with Crippen molar-refractivity contribution in [2.45, 2.75) is 13.3 Å². The molecule has 2 rings (SSSR count). The van der Waals surface area contributed by atoms with Gasteiger partial charge < -0.3 is 9.47 Å². The predicted molar refractivity (Wildman–Crippen MR) is 96.5 cm³/mol. The molecule has 0 unspecified atom stereocenters. The number of para-hydroxylation sites is 1. The predicted octanol–water partition coefficient (Wildman–Crippen LogP) is 2.86. The number of hydrogen-bond acceptors (Lipinski definition) is 5. The second kappa shape index (κ2) is 8.53. The van der Waals surface area contributed by atoms with Crippen molar-refractivity contribution >= 4 is 21.7 Å². The lowest BCUT2D eigenvalue weighted by atomic mass is 10.2. The van der Waals surface area contributed by atoms with E-state index in [1.54, 1.807) is 12.1 Å². The van der Waals surface area contributed by atoms with Crippen LogP contribution in [-0.4, -0.2) is 33.9 Å². The van der Waals surface area contributed by atoms with Crippen molar-refractivity contribution in [3.05, 3.63) is 59.7 Å². The first-order chi connectivity index (χ1) is 11.9. The Morgan fingerprint density at radius 2 is 1.76 bits per heavy atom. The average molecular weight is 363 g/mol. The van der Waals surface area contributed by atoms with Crippen molar-refractivity contribution in [2.75, 3.05) is 24.2 Å². The first-order valence-corrected chi connectivity index (χ1v) is 9.50. The first kappa shape index (κ1) is 18.8. The molecular weight excluding hydrogens is 342 g/mol. The normalized spacial score (nSPS) is 11.0. The van der Waals surface area contributed by atoms with Gasteiger partial charge in [0.25, 0.3) is 0 Å². The fraction of sp³-hybridized carbons (Fsp3) is 0.278. The molecule has 0 aliphatic heterocycles. The molecule has 0 heterocycles. The number of rotatable bonds is 8. The lowest BCUT2D eigenvalue weighted by molar-refractivity contribution is 0.0602. The number of anilines is 1. The number of esters is 1. The molecule has 0 saturated carbocycles. The van der Waals surface area contributed by atoms with Gasteiger partial charge in [-0.3, -0.25) is 4.72 Å². The van der Waals surface area contributed by atoms with Crippen LogP contribution in [0.3, 0.4) is 0 Å². The van der Waals surface area contributed by atoms with Crippen molar-refractivity contribution in [3.63, 3.8) is 0 Å². The van der Waals surface area contributed by atoms with Crippen molar-refractivity contribution in [1.82, 2.24) is 0 Å². The van der Waals surface area contributed by atoms with Crippen LogP contribution in [0.2, 0.25) is 0 Å². The zero-order valence-electron chi connectivity index (χ0n) is 14.2. The summed E-state index contributed by atoms with van der Waals surface area (Å²) in [6, 6.07) is 13.8. The molecule has 2 aromatic rings. The molecule has 0 amide bonds. The molecule has 2 aromatic carbocycles. The lowest BCUT2D eigenvalue weighted by Gasteiger charge is -2.12. The fourth-order valence-electron chi connectivity index (χ4n) is 2.17. The summed E-state index contributed by atoms with van der Waals surface area (Å²) in [5.41, 5.74) is 1.52. The lowest BCUT2D eigenvalue weighted by Crippen LogP contribution is -2.22. The molecule has 25 heavy (non-hydrogen) atoms. The molecule has 0 radical (unpaired) electrons. The van der Waals surface area contributed by atoms with E-state index < -0.39 is 16.0 Å². The Labute approximate surface area is 147 Å². The smallest absolute Gasteiger partial charge is 0.339 e. The third-order valence-corrected chi connectivity index (χ3v) is 4.79. The monoisotopic (exact) mass is 363 g/mol. The van der Waals surface area contributed by atoms with Gasteiger partial charge in [-0.05, 0) is 36.2 Å². The van der Waals surface area contributed by atoms with Gasteiger partial charge in [0, 0.05) is 0 Å². The van der Waals surface area contributed by atoms with Gasteiger partial charge in [0.05, 0.1) is 18.4 Å². The second-order valence-electron chi connectivity index (χ2n) is 5.30.